The van der Waals surface area contributed by atoms with Crippen molar-refractivity contribution in [3.63, 3.8) is 0 Å². The number of pyridine rings is 1. The van der Waals surface area contributed by atoms with E-state index in [-0.39, 0.29) is 11.6 Å². The molecule has 2 aromatic heterocycles. The minimum Gasteiger partial charge on any atom is -0.431 e. The summed E-state index contributed by atoms with van der Waals surface area (Å²) in [6, 6.07) is 3.46. The molecule has 3 atom stereocenters. The smallest absolute Gasteiger partial charge is 0.387 e. The summed E-state index contributed by atoms with van der Waals surface area (Å²) >= 11 is 0. The van der Waals surface area contributed by atoms with Gasteiger partial charge in [-0.05, 0) is 36.8 Å². The Morgan fingerprint density at radius 2 is 1.97 bits per heavy atom. The van der Waals surface area contributed by atoms with Gasteiger partial charge in [0.1, 0.15) is 5.82 Å². The van der Waals surface area contributed by atoms with Crippen molar-refractivity contribution in [2.75, 3.05) is 39.1 Å². The van der Waals surface area contributed by atoms with E-state index in [4.69, 9.17) is 20.4 Å². The van der Waals surface area contributed by atoms with Crippen LogP contribution in [0.2, 0.25) is 0 Å². The van der Waals surface area contributed by atoms with E-state index in [0.717, 1.165) is 50.6 Å². The molecule has 7 nitrogen and oxygen atoms in total. The van der Waals surface area contributed by atoms with E-state index in [2.05, 4.69) is 14.6 Å². The van der Waals surface area contributed by atoms with Gasteiger partial charge in [0.25, 0.3) is 0 Å². The molecule has 0 aromatic carbocycles. The Morgan fingerprint density at radius 1 is 1.20 bits per heavy atom. The molecule has 0 spiro atoms. The molecule has 2 saturated carbocycles. The van der Waals surface area contributed by atoms with Crippen molar-refractivity contribution in [1.82, 2.24) is 19.9 Å². The summed E-state index contributed by atoms with van der Waals surface area (Å²) in [4.78, 5) is 16.1. The maximum atomic E-state index is 12.7. The second-order valence-corrected chi connectivity index (χ2v) is 8.40. The fourth-order valence-electron chi connectivity index (χ4n) is 4.57. The van der Waals surface area contributed by atoms with Gasteiger partial charge in [0.2, 0.25) is 0 Å². The molecular formula is C21H25F2N5O2. The Kier molecular flexibility index (Phi) is 5.02. The Labute approximate surface area is 173 Å². The van der Waals surface area contributed by atoms with E-state index in [1.807, 2.05) is 6.07 Å². The number of ether oxygens (including phenoxy) is 2. The van der Waals surface area contributed by atoms with Crippen LogP contribution in [0.5, 0.6) is 5.75 Å². The molecule has 1 saturated heterocycles. The number of hydrogen-bond donors (Lipinski definition) is 1. The van der Waals surface area contributed by atoms with Crippen molar-refractivity contribution in [2.45, 2.75) is 31.3 Å². The quantitative estimate of drug-likeness (QED) is 0.707. The SMILES string of the molecule is COCCN1C[C@@H]2[C@H](C1)[C@H]2c1cc(-c2cnc(N)c(OC(F)F)c2)nc(C2CC2)n1. The van der Waals surface area contributed by atoms with E-state index in [1.165, 1.54) is 6.07 Å². The van der Waals surface area contributed by atoms with E-state index in [0.29, 0.717) is 34.9 Å². The number of alkyl halides is 2. The highest BCUT2D eigenvalue weighted by Crippen LogP contribution is 2.58. The number of nitrogens with zero attached hydrogens (tertiary/aromatic N) is 4. The third-order valence-electron chi connectivity index (χ3n) is 6.32. The van der Waals surface area contributed by atoms with E-state index < -0.39 is 6.61 Å². The molecule has 3 aliphatic rings. The first-order valence-electron chi connectivity index (χ1n) is 10.3. The first-order chi connectivity index (χ1) is 14.5. The zero-order valence-corrected chi connectivity index (χ0v) is 16.8. The summed E-state index contributed by atoms with van der Waals surface area (Å²) in [5, 5.41) is 0. The topological polar surface area (TPSA) is 86.4 Å². The normalized spacial score (nSPS) is 25.5. The van der Waals surface area contributed by atoms with Crippen LogP contribution in [-0.4, -0.2) is 59.8 Å². The van der Waals surface area contributed by atoms with Gasteiger partial charge >= 0.3 is 6.61 Å². The molecule has 0 amide bonds. The highest BCUT2D eigenvalue weighted by Gasteiger charge is 2.57. The molecular weight excluding hydrogens is 392 g/mol. The molecule has 0 bridgehead atoms. The van der Waals surface area contributed by atoms with Crippen molar-refractivity contribution >= 4 is 5.82 Å². The summed E-state index contributed by atoms with van der Waals surface area (Å²) < 4.78 is 35.1. The standard InChI is InChI=1S/C21H25F2N5O2/c1-29-5-4-28-9-13-14(10-28)18(13)16-7-15(26-20(27-16)11-2-3-11)12-6-17(30-21(22)23)19(24)25-8-12/h6-8,11,13-14,18,21H,2-5,9-10H2,1H3,(H2,24,25)/t13-,14+,18+. The minimum atomic E-state index is -2.96. The van der Waals surface area contributed by atoms with Crippen molar-refractivity contribution in [3.8, 4) is 17.0 Å². The molecule has 2 aliphatic carbocycles. The van der Waals surface area contributed by atoms with Crippen LogP contribution < -0.4 is 10.5 Å². The number of nitrogen functional groups attached to an aromatic ring is 1. The fourth-order valence-corrected chi connectivity index (χ4v) is 4.57. The van der Waals surface area contributed by atoms with Gasteiger partial charge in [-0.15, -0.1) is 0 Å². The van der Waals surface area contributed by atoms with E-state index >= 15 is 0 Å². The fraction of sp³-hybridized carbons (Fsp3) is 0.571. The molecule has 5 rings (SSSR count). The number of anilines is 1. The lowest BCUT2D eigenvalue weighted by Crippen LogP contribution is -2.28. The van der Waals surface area contributed by atoms with Crippen molar-refractivity contribution in [1.29, 1.82) is 0 Å². The third-order valence-corrected chi connectivity index (χ3v) is 6.32. The van der Waals surface area contributed by atoms with Crippen LogP contribution in [0.1, 0.15) is 36.2 Å². The Bertz CT molecular complexity index is 928. The summed E-state index contributed by atoms with van der Waals surface area (Å²) in [6.45, 7) is 0.877. The Balaban J connectivity index is 1.41. The summed E-state index contributed by atoms with van der Waals surface area (Å²) in [7, 11) is 1.73. The molecule has 0 unspecified atom stereocenters. The first-order valence-corrected chi connectivity index (χ1v) is 10.3. The summed E-state index contributed by atoms with van der Waals surface area (Å²) in [6.07, 6.45) is 3.73. The lowest BCUT2D eigenvalue weighted by atomic mass is 10.1. The van der Waals surface area contributed by atoms with Crippen LogP contribution >= 0.6 is 0 Å². The molecule has 3 heterocycles. The van der Waals surface area contributed by atoms with Crippen molar-refractivity contribution in [2.24, 2.45) is 11.8 Å². The van der Waals surface area contributed by atoms with Crippen LogP contribution in [0.3, 0.4) is 0 Å². The van der Waals surface area contributed by atoms with E-state index in [1.54, 1.807) is 13.3 Å². The molecule has 2 aromatic rings. The second kappa shape index (κ2) is 7.70. The molecule has 160 valence electrons. The van der Waals surface area contributed by atoms with E-state index in [9.17, 15) is 8.78 Å². The minimum absolute atomic E-state index is 0.0661. The molecule has 2 N–H and O–H groups in total. The number of nitrogens with two attached hydrogens (primary N) is 1. The van der Waals surface area contributed by atoms with Gasteiger partial charge in [-0.3, -0.25) is 0 Å². The average Bonchev–Trinajstić information content (AvgIpc) is 3.64. The van der Waals surface area contributed by atoms with Gasteiger partial charge < -0.3 is 20.1 Å². The molecule has 0 radical (unpaired) electrons. The van der Waals surface area contributed by atoms with Gasteiger partial charge in [-0.1, -0.05) is 0 Å². The number of rotatable bonds is 8. The van der Waals surface area contributed by atoms with Crippen LogP contribution in [0.15, 0.2) is 18.3 Å². The van der Waals surface area contributed by atoms with Crippen LogP contribution in [0.4, 0.5) is 14.6 Å². The Hall–Kier alpha value is -2.39. The largest absolute Gasteiger partial charge is 0.431 e. The molecule has 3 fully saturated rings. The van der Waals surface area contributed by atoms with Crippen LogP contribution in [-0.2, 0) is 4.74 Å². The maximum Gasteiger partial charge on any atom is 0.387 e. The van der Waals surface area contributed by atoms with Crippen LogP contribution in [0.25, 0.3) is 11.3 Å². The Morgan fingerprint density at radius 3 is 2.63 bits per heavy atom. The first kappa shape index (κ1) is 19.6. The maximum absolute atomic E-state index is 12.7. The van der Waals surface area contributed by atoms with Crippen LogP contribution in [0, 0.1) is 11.8 Å². The predicted molar refractivity (Wildman–Crippen MR) is 106 cm³/mol. The number of likely N-dealkylation sites (tertiary alicyclic amines) is 1. The summed E-state index contributed by atoms with van der Waals surface area (Å²) in [5.74, 6) is 2.69. The number of piperidine rings is 1. The summed E-state index contributed by atoms with van der Waals surface area (Å²) in [5.41, 5.74) is 8.04. The highest BCUT2D eigenvalue weighted by atomic mass is 19.3. The molecule has 30 heavy (non-hydrogen) atoms. The molecule has 9 heteroatoms. The number of aromatic nitrogens is 3. The van der Waals surface area contributed by atoms with Crippen molar-refractivity contribution in [3.05, 3.63) is 29.8 Å². The lowest BCUT2D eigenvalue weighted by molar-refractivity contribution is -0.0494. The highest BCUT2D eigenvalue weighted by molar-refractivity contribution is 5.64. The zero-order valence-electron chi connectivity index (χ0n) is 16.8. The molecule has 1 aliphatic heterocycles. The van der Waals surface area contributed by atoms with Crippen molar-refractivity contribution < 1.29 is 18.3 Å². The zero-order chi connectivity index (χ0) is 20.8. The monoisotopic (exact) mass is 417 g/mol. The van der Waals surface area contributed by atoms with Gasteiger partial charge in [0.15, 0.2) is 11.6 Å². The number of methoxy groups -OCH3 is 1. The lowest BCUT2D eigenvalue weighted by Gasteiger charge is -2.19. The van der Waals surface area contributed by atoms with Gasteiger partial charge in [-0.25, -0.2) is 15.0 Å². The van der Waals surface area contributed by atoms with Gasteiger partial charge in [-0.2, -0.15) is 8.78 Å². The number of fused-ring (bicyclic) bond motifs is 1. The number of halogens is 2. The second-order valence-electron chi connectivity index (χ2n) is 8.40. The number of hydrogen-bond acceptors (Lipinski definition) is 7. The third kappa shape index (κ3) is 3.83. The predicted octanol–water partition coefficient (Wildman–Crippen LogP) is 2.89. The average molecular weight is 417 g/mol. The van der Waals surface area contributed by atoms with Gasteiger partial charge in [0.05, 0.1) is 12.3 Å². The van der Waals surface area contributed by atoms with Gasteiger partial charge in [0, 0.05) is 56.0 Å².